The van der Waals surface area contributed by atoms with Gasteiger partial charge >= 0.3 is 0 Å². The van der Waals surface area contributed by atoms with Gasteiger partial charge in [0.05, 0.1) is 12.1 Å². The lowest BCUT2D eigenvalue weighted by Gasteiger charge is -2.28. The third kappa shape index (κ3) is 2.29. The fourth-order valence-electron chi connectivity index (χ4n) is 2.03. The number of aliphatic hydroxyl groups is 1. The number of rotatable bonds is 3. The number of nitrogens with one attached hydrogen (secondary N) is 1. The van der Waals surface area contributed by atoms with Crippen molar-refractivity contribution < 1.29 is 9.90 Å². The van der Waals surface area contributed by atoms with Crippen LogP contribution in [0.5, 0.6) is 0 Å². The second-order valence-electron chi connectivity index (χ2n) is 4.29. The molecule has 1 aromatic rings. The molecular weight excluding hydrogens is 222 g/mol. The molecule has 1 amide bonds. The van der Waals surface area contributed by atoms with Gasteiger partial charge in [-0.25, -0.2) is 9.67 Å². The molecule has 17 heavy (non-hydrogen) atoms. The van der Waals surface area contributed by atoms with E-state index in [0.29, 0.717) is 13.1 Å². The van der Waals surface area contributed by atoms with Crippen LogP contribution in [0.4, 0.5) is 0 Å². The van der Waals surface area contributed by atoms with Crippen molar-refractivity contribution in [3.05, 3.63) is 12.7 Å². The van der Waals surface area contributed by atoms with Crippen LogP contribution in [-0.4, -0.2) is 63.0 Å². The Hall–Kier alpha value is -1.47. The summed E-state index contributed by atoms with van der Waals surface area (Å²) in [5.74, 6) is -0.0803. The molecule has 0 aliphatic carbocycles. The topological polar surface area (TPSA) is 83.3 Å². The minimum Gasteiger partial charge on any atom is -0.390 e. The second-order valence-corrected chi connectivity index (χ2v) is 4.29. The Morgan fingerprint density at radius 1 is 1.65 bits per heavy atom. The first kappa shape index (κ1) is 12.0. The van der Waals surface area contributed by atoms with E-state index in [9.17, 15) is 9.90 Å². The van der Waals surface area contributed by atoms with Crippen molar-refractivity contribution in [1.29, 1.82) is 0 Å². The Morgan fingerprint density at radius 2 is 2.41 bits per heavy atom. The zero-order valence-corrected chi connectivity index (χ0v) is 9.95. The van der Waals surface area contributed by atoms with Crippen LogP contribution >= 0.6 is 0 Å². The lowest BCUT2D eigenvalue weighted by atomic mass is 10.1. The average molecular weight is 239 g/mol. The van der Waals surface area contributed by atoms with Crippen molar-refractivity contribution in [3.63, 3.8) is 0 Å². The molecule has 2 N–H and O–H groups in total. The van der Waals surface area contributed by atoms with Gasteiger partial charge in [0.25, 0.3) is 0 Å². The number of β-amino-alcohol motifs (C(OH)–C–C–N with tert-alkyl or cyclic N) is 1. The molecule has 1 aromatic heterocycles. The summed E-state index contributed by atoms with van der Waals surface area (Å²) in [7, 11) is 1.71. The highest BCUT2D eigenvalue weighted by Gasteiger charge is 2.33. The number of hydrogen-bond donors (Lipinski definition) is 2. The molecule has 1 fully saturated rings. The van der Waals surface area contributed by atoms with Gasteiger partial charge in [-0.15, -0.1) is 0 Å². The summed E-state index contributed by atoms with van der Waals surface area (Å²) in [5, 5.41) is 16.7. The molecule has 1 aliphatic heterocycles. The first-order valence-corrected chi connectivity index (χ1v) is 5.61. The van der Waals surface area contributed by atoms with Crippen LogP contribution in [0.2, 0.25) is 0 Å². The predicted octanol–water partition coefficient (Wildman–Crippen LogP) is -1.37. The summed E-state index contributed by atoms with van der Waals surface area (Å²) in [5.41, 5.74) is 0. The summed E-state index contributed by atoms with van der Waals surface area (Å²) in [4.78, 5) is 17.6. The highest BCUT2D eigenvalue weighted by molar-refractivity contribution is 5.80. The number of carbonyl (C=O) groups is 1. The molecular formula is C10H17N5O2. The molecule has 1 aliphatic rings. The molecule has 1 unspecified atom stereocenters. The van der Waals surface area contributed by atoms with E-state index in [0.717, 1.165) is 0 Å². The third-order valence-corrected chi connectivity index (χ3v) is 3.19. The monoisotopic (exact) mass is 239 g/mol. The second kappa shape index (κ2) is 4.80. The van der Waals surface area contributed by atoms with Crippen LogP contribution in [0.25, 0.3) is 0 Å². The lowest BCUT2D eigenvalue weighted by Crippen LogP contribution is -2.46. The van der Waals surface area contributed by atoms with Crippen LogP contribution < -0.4 is 5.32 Å². The van der Waals surface area contributed by atoms with Crippen LogP contribution in [0, 0.1) is 0 Å². The first-order chi connectivity index (χ1) is 8.11. The fourth-order valence-corrected chi connectivity index (χ4v) is 2.03. The quantitative estimate of drug-likeness (QED) is 0.680. The number of aromatic nitrogens is 3. The molecule has 0 radical (unpaired) electrons. The number of nitrogens with zero attached hydrogens (tertiary/aromatic N) is 4. The Morgan fingerprint density at radius 3 is 2.94 bits per heavy atom. The number of likely N-dealkylation sites (N-methyl/N-ethyl adjacent to an activating group) is 1. The van der Waals surface area contributed by atoms with Gasteiger partial charge in [0, 0.05) is 20.1 Å². The Bertz CT molecular complexity index is 380. The molecule has 94 valence electrons. The molecule has 7 heteroatoms. The van der Waals surface area contributed by atoms with Gasteiger partial charge in [0.2, 0.25) is 5.91 Å². The molecule has 3 atom stereocenters. The summed E-state index contributed by atoms with van der Waals surface area (Å²) >= 11 is 0. The van der Waals surface area contributed by atoms with Crippen molar-refractivity contribution in [2.45, 2.75) is 25.1 Å². The molecule has 2 rings (SSSR count). The van der Waals surface area contributed by atoms with Crippen LogP contribution in [0.15, 0.2) is 12.7 Å². The maximum atomic E-state index is 12.2. The largest absolute Gasteiger partial charge is 0.390 e. The van der Waals surface area contributed by atoms with E-state index in [1.807, 2.05) is 0 Å². The van der Waals surface area contributed by atoms with Crippen molar-refractivity contribution in [1.82, 2.24) is 25.0 Å². The van der Waals surface area contributed by atoms with Crippen LogP contribution in [0.3, 0.4) is 0 Å². The highest BCUT2D eigenvalue weighted by atomic mass is 16.3. The van der Waals surface area contributed by atoms with E-state index in [-0.39, 0.29) is 11.9 Å². The standard InChI is InChI=1S/C10H17N5O2/c1-7(15-6-12-5-13-15)10(17)14(2)8-3-11-4-9(8)16/h5-9,11,16H,3-4H2,1-2H3/t7?,8-,9-/m1/s1. The minimum atomic E-state index is -0.508. The van der Waals surface area contributed by atoms with Crippen molar-refractivity contribution >= 4 is 5.91 Å². The fraction of sp³-hybridized carbons (Fsp3) is 0.700. The van der Waals surface area contributed by atoms with E-state index < -0.39 is 12.1 Å². The normalized spacial score (nSPS) is 25.8. The number of carbonyl (C=O) groups excluding carboxylic acids is 1. The van der Waals surface area contributed by atoms with Crippen molar-refractivity contribution in [3.8, 4) is 0 Å². The maximum absolute atomic E-state index is 12.2. The Kier molecular flexibility index (Phi) is 3.39. The van der Waals surface area contributed by atoms with Crippen LogP contribution in [-0.2, 0) is 4.79 Å². The molecule has 2 heterocycles. The van der Waals surface area contributed by atoms with E-state index in [2.05, 4.69) is 15.4 Å². The van der Waals surface area contributed by atoms with Gasteiger partial charge in [-0.05, 0) is 6.92 Å². The van der Waals surface area contributed by atoms with Gasteiger partial charge in [0.1, 0.15) is 18.7 Å². The molecule has 0 saturated carbocycles. The Labute approximate surface area is 99.4 Å². The van der Waals surface area contributed by atoms with Crippen molar-refractivity contribution in [2.75, 3.05) is 20.1 Å². The molecule has 0 aromatic carbocycles. The Balaban J connectivity index is 2.04. The van der Waals surface area contributed by atoms with Crippen molar-refractivity contribution in [2.24, 2.45) is 0 Å². The summed E-state index contributed by atoms with van der Waals surface area (Å²) < 4.78 is 1.51. The molecule has 0 bridgehead atoms. The van der Waals surface area contributed by atoms with Gasteiger partial charge < -0.3 is 15.3 Å². The summed E-state index contributed by atoms with van der Waals surface area (Å²) in [6.07, 6.45) is 2.40. The number of hydrogen-bond acceptors (Lipinski definition) is 5. The smallest absolute Gasteiger partial charge is 0.247 e. The minimum absolute atomic E-state index is 0.0803. The maximum Gasteiger partial charge on any atom is 0.247 e. The number of aliphatic hydroxyl groups excluding tert-OH is 1. The molecule has 7 nitrogen and oxygen atoms in total. The highest BCUT2D eigenvalue weighted by Crippen LogP contribution is 2.13. The SMILES string of the molecule is CC(C(=O)N(C)[C@@H]1CNC[C@H]1O)n1cncn1. The third-order valence-electron chi connectivity index (χ3n) is 3.19. The molecule has 0 spiro atoms. The predicted molar refractivity (Wildman–Crippen MR) is 60.2 cm³/mol. The van der Waals surface area contributed by atoms with Gasteiger partial charge in [0.15, 0.2) is 0 Å². The summed E-state index contributed by atoms with van der Waals surface area (Å²) in [6.45, 7) is 2.91. The van der Waals surface area contributed by atoms with Gasteiger partial charge in [-0.2, -0.15) is 5.10 Å². The van der Waals surface area contributed by atoms with Gasteiger partial charge in [-0.1, -0.05) is 0 Å². The van der Waals surface area contributed by atoms with Gasteiger partial charge in [-0.3, -0.25) is 4.79 Å². The lowest BCUT2D eigenvalue weighted by molar-refractivity contribution is -0.136. The van der Waals surface area contributed by atoms with E-state index in [1.165, 1.54) is 17.3 Å². The first-order valence-electron chi connectivity index (χ1n) is 5.61. The molecule has 1 saturated heterocycles. The van der Waals surface area contributed by atoms with Crippen LogP contribution in [0.1, 0.15) is 13.0 Å². The summed E-state index contributed by atoms with van der Waals surface area (Å²) in [6, 6.07) is -0.580. The van der Waals surface area contributed by atoms with E-state index >= 15 is 0 Å². The van der Waals surface area contributed by atoms with E-state index in [1.54, 1.807) is 18.9 Å². The average Bonchev–Trinajstić information content (AvgIpc) is 2.96. The zero-order valence-electron chi connectivity index (χ0n) is 9.95. The zero-order chi connectivity index (χ0) is 12.4. The number of amides is 1. The van der Waals surface area contributed by atoms with E-state index in [4.69, 9.17) is 0 Å².